The molecule has 0 amide bonds. The highest BCUT2D eigenvalue weighted by Crippen LogP contribution is 2.51. The van der Waals surface area contributed by atoms with Gasteiger partial charge in [0.1, 0.15) is 0 Å². The molecule has 1 aliphatic rings. The van der Waals surface area contributed by atoms with Crippen LogP contribution in [0.1, 0.15) is 25.0 Å². The van der Waals surface area contributed by atoms with Gasteiger partial charge in [-0.15, -0.1) is 0 Å². The molecule has 0 bridgehead atoms. The summed E-state index contributed by atoms with van der Waals surface area (Å²) in [5.41, 5.74) is 17.4. The Morgan fingerprint density at radius 2 is 0.754 bits per heavy atom. The first-order valence-corrected chi connectivity index (χ1v) is 20.8. The van der Waals surface area contributed by atoms with Gasteiger partial charge < -0.3 is 0 Å². The van der Waals surface area contributed by atoms with E-state index in [4.69, 9.17) is 19.9 Å². The molecule has 288 valence electrons. The van der Waals surface area contributed by atoms with Crippen LogP contribution in [0.15, 0.2) is 206 Å². The number of pyridine rings is 1. The molecule has 11 rings (SSSR count). The van der Waals surface area contributed by atoms with E-state index in [2.05, 4.69) is 184 Å². The van der Waals surface area contributed by atoms with Gasteiger partial charge in [-0.3, -0.25) is 0 Å². The molecule has 8 aromatic carbocycles. The van der Waals surface area contributed by atoms with Crippen LogP contribution in [0.5, 0.6) is 0 Å². The Hall–Kier alpha value is -7.82. The van der Waals surface area contributed by atoms with Crippen molar-refractivity contribution in [1.29, 1.82) is 0 Å². The van der Waals surface area contributed by atoms with E-state index < -0.39 is 0 Å². The standard InChI is InChI=1S/C57H40N4/c1-57(2)50-26-16-15-25-46(50)48-34-49-47(35-52(58-53(49)36-51(48)57)40-29-27-39(28-30-40)37-17-7-3-8-18-37)44-31-43(38-19-9-4-10-20-38)32-45(33-44)56-60-54(41-21-11-5-12-22-41)59-55(61-56)42-23-13-6-14-24-42/h3-36H,1-2H3. The molecule has 4 nitrogen and oxygen atoms in total. The van der Waals surface area contributed by atoms with Crippen molar-refractivity contribution in [2.75, 3.05) is 0 Å². The molecule has 0 spiro atoms. The fourth-order valence-electron chi connectivity index (χ4n) is 8.92. The number of benzene rings is 8. The third-order valence-corrected chi connectivity index (χ3v) is 12.1. The summed E-state index contributed by atoms with van der Waals surface area (Å²) in [5, 5.41) is 1.10. The molecule has 0 saturated carbocycles. The van der Waals surface area contributed by atoms with Crippen LogP contribution in [0.3, 0.4) is 0 Å². The largest absolute Gasteiger partial charge is 0.248 e. The van der Waals surface area contributed by atoms with Gasteiger partial charge in [-0.25, -0.2) is 19.9 Å². The van der Waals surface area contributed by atoms with Crippen LogP contribution < -0.4 is 0 Å². The monoisotopic (exact) mass is 780 g/mol. The second kappa shape index (κ2) is 14.8. The zero-order valence-electron chi connectivity index (χ0n) is 33.9. The van der Waals surface area contributed by atoms with Gasteiger partial charge in [-0.1, -0.05) is 184 Å². The molecule has 0 atom stereocenters. The van der Waals surface area contributed by atoms with Gasteiger partial charge in [-0.2, -0.15) is 0 Å². The first kappa shape index (κ1) is 36.3. The first-order chi connectivity index (χ1) is 30.0. The minimum atomic E-state index is -0.165. The predicted octanol–water partition coefficient (Wildman–Crippen LogP) is 14.4. The van der Waals surface area contributed by atoms with Crippen molar-refractivity contribution in [3.63, 3.8) is 0 Å². The molecule has 2 aromatic heterocycles. The molecule has 10 aromatic rings. The number of hydrogen-bond donors (Lipinski definition) is 0. The summed E-state index contributed by atoms with van der Waals surface area (Å²) < 4.78 is 0. The lowest BCUT2D eigenvalue weighted by Crippen LogP contribution is -2.14. The highest BCUT2D eigenvalue weighted by molar-refractivity contribution is 6.02. The number of nitrogens with zero attached hydrogens (tertiary/aromatic N) is 4. The summed E-state index contributed by atoms with van der Waals surface area (Å²) in [4.78, 5) is 20.8. The molecule has 0 unspecified atom stereocenters. The second-order valence-electron chi connectivity index (χ2n) is 16.3. The molecular formula is C57H40N4. The Labute approximate surface area is 356 Å². The fraction of sp³-hybridized carbons (Fsp3) is 0.0526. The maximum atomic E-state index is 5.46. The average molecular weight is 781 g/mol. The lowest BCUT2D eigenvalue weighted by atomic mass is 9.82. The van der Waals surface area contributed by atoms with Crippen LogP contribution in [-0.2, 0) is 5.41 Å². The van der Waals surface area contributed by atoms with Crippen LogP contribution in [0.4, 0.5) is 0 Å². The molecule has 1 aliphatic carbocycles. The molecule has 0 radical (unpaired) electrons. The van der Waals surface area contributed by atoms with E-state index >= 15 is 0 Å². The van der Waals surface area contributed by atoms with Crippen molar-refractivity contribution in [3.8, 4) is 89.9 Å². The third kappa shape index (κ3) is 6.59. The van der Waals surface area contributed by atoms with Crippen LogP contribution >= 0.6 is 0 Å². The quantitative estimate of drug-likeness (QED) is 0.162. The van der Waals surface area contributed by atoms with Gasteiger partial charge in [0.05, 0.1) is 11.2 Å². The van der Waals surface area contributed by atoms with E-state index in [0.717, 1.165) is 61.1 Å². The normalized spacial score (nSPS) is 12.6. The summed E-state index contributed by atoms with van der Waals surface area (Å²) in [6.07, 6.45) is 0. The minimum Gasteiger partial charge on any atom is -0.248 e. The van der Waals surface area contributed by atoms with Crippen LogP contribution in [0, 0.1) is 0 Å². The van der Waals surface area contributed by atoms with Crippen molar-refractivity contribution in [2.45, 2.75) is 19.3 Å². The smallest absolute Gasteiger partial charge is 0.164 e. The van der Waals surface area contributed by atoms with E-state index in [-0.39, 0.29) is 5.41 Å². The predicted molar refractivity (Wildman–Crippen MR) is 251 cm³/mol. The summed E-state index contributed by atoms with van der Waals surface area (Å²) in [6.45, 7) is 4.66. The highest BCUT2D eigenvalue weighted by atomic mass is 15.0. The lowest BCUT2D eigenvalue weighted by molar-refractivity contribution is 0.661. The van der Waals surface area contributed by atoms with E-state index in [1.54, 1.807) is 0 Å². The second-order valence-corrected chi connectivity index (χ2v) is 16.3. The molecule has 4 heteroatoms. The summed E-state index contributed by atoms with van der Waals surface area (Å²) in [5.74, 6) is 1.87. The van der Waals surface area contributed by atoms with E-state index in [1.807, 2.05) is 36.4 Å². The topological polar surface area (TPSA) is 51.6 Å². The molecular weight excluding hydrogens is 741 g/mol. The van der Waals surface area contributed by atoms with Gasteiger partial charge in [0.2, 0.25) is 0 Å². The first-order valence-electron chi connectivity index (χ1n) is 20.8. The number of rotatable bonds is 7. The van der Waals surface area contributed by atoms with E-state index in [0.29, 0.717) is 17.5 Å². The van der Waals surface area contributed by atoms with Crippen molar-refractivity contribution in [1.82, 2.24) is 19.9 Å². The van der Waals surface area contributed by atoms with Crippen molar-refractivity contribution < 1.29 is 0 Å². The molecule has 0 aliphatic heterocycles. The lowest BCUT2D eigenvalue weighted by Gasteiger charge is -2.22. The maximum absolute atomic E-state index is 5.46. The molecule has 0 saturated heterocycles. The van der Waals surface area contributed by atoms with Gasteiger partial charge >= 0.3 is 0 Å². The van der Waals surface area contributed by atoms with Gasteiger partial charge in [0.15, 0.2) is 17.5 Å². The SMILES string of the molecule is CC1(C)c2ccccc2-c2cc3c(-c4cc(-c5ccccc5)cc(-c5nc(-c6ccccc6)nc(-c6ccccc6)n5)c4)cc(-c4ccc(-c5ccccc5)cc4)nc3cc21. The average Bonchev–Trinajstić information content (AvgIpc) is 3.56. The molecule has 61 heavy (non-hydrogen) atoms. The Kier molecular flexibility index (Phi) is 8.79. The van der Waals surface area contributed by atoms with Crippen molar-refractivity contribution in [2.24, 2.45) is 0 Å². The van der Waals surface area contributed by atoms with Gasteiger partial charge in [-0.05, 0) is 92.0 Å². The van der Waals surface area contributed by atoms with E-state index in [9.17, 15) is 0 Å². The Balaban J connectivity index is 1.17. The van der Waals surface area contributed by atoms with Gasteiger partial charge in [0.25, 0.3) is 0 Å². The maximum Gasteiger partial charge on any atom is 0.164 e. The third-order valence-electron chi connectivity index (χ3n) is 12.1. The minimum absolute atomic E-state index is 0.165. The Bertz CT molecular complexity index is 3180. The summed E-state index contributed by atoms with van der Waals surface area (Å²) >= 11 is 0. The van der Waals surface area contributed by atoms with Crippen LogP contribution in [0.2, 0.25) is 0 Å². The van der Waals surface area contributed by atoms with Crippen LogP contribution in [-0.4, -0.2) is 19.9 Å². The van der Waals surface area contributed by atoms with Crippen molar-refractivity contribution >= 4 is 10.9 Å². The number of aromatic nitrogens is 4. The zero-order chi connectivity index (χ0) is 40.9. The fourth-order valence-corrected chi connectivity index (χ4v) is 8.92. The summed E-state index contributed by atoms with van der Waals surface area (Å²) in [6, 6.07) is 72.7. The van der Waals surface area contributed by atoms with Crippen molar-refractivity contribution in [3.05, 3.63) is 217 Å². The Morgan fingerprint density at radius 3 is 1.36 bits per heavy atom. The molecule has 0 fully saturated rings. The zero-order valence-corrected chi connectivity index (χ0v) is 33.9. The highest BCUT2D eigenvalue weighted by Gasteiger charge is 2.36. The Morgan fingerprint density at radius 1 is 0.295 bits per heavy atom. The number of fused-ring (bicyclic) bond motifs is 4. The molecule has 2 heterocycles. The van der Waals surface area contributed by atoms with Crippen LogP contribution in [0.25, 0.3) is 101 Å². The van der Waals surface area contributed by atoms with Gasteiger partial charge in [0, 0.05) is 33.1 Å². The number of hydrogen-bond acceptors (Lipinski definition) is 4. The molecule has 0 N–H and O–H groups in total. The van der Waals surface area contributed by atoms with E-state index in [1.165, 1.54) is 33.4 Å². The summed E-state index contributed by atoms with van der Waals surface area (Å²) in [7, 11) is 0.